The Labute approximate surface area is 196 Å². The first-order valence-corrected chi connectivity index (χ1v) is 12.3. The molecule has 1 aromatic carbocycles. The van der Waals surface area contributed by atoms with Crippen LogP contribution in [0, 0.1) is 16.7 Å². The molecule has 4 rings (SSSR count). The van der Waals surface area contributed by atoms with Gasteiger partial charge >= 0.3 is 0 Å². The predicted octanol–water partition coefficient (Wildman–Crippen LogP) is 5.59. The third kappa shape index (κ3) is 4.81. The van der Waals surface area contributed by atoms with Crippen LogP contribution in [0.2, 0.25) is 5.02 Å². The van der Waals surface area contributed by atoms with E-state index in [1.165, 1.54) is 0 Å². The van der Waals surface area contributed by atoms with Crippen LogP contribution in [-0.4, -0.2) is 28.8 Å². The third-order valence-electron chi connectivity index (χ3n) is 7.16. The van der Waals surface area contributed by atoms with Crippen molar-refractivity contribution >= 4 is 38.3 Å². The fraction of sp³-hybridized carbons (Fsp3) is 0.542. The van der Waals surface area contributed by atoms with E-state index in [0.29, 0.717) is 22.3 Å². The van der Waals surface area contributed by atoms with Crippen LogP contribution >= 0.6 is 11.6 Å². The average molecular weight is 483 g/mol. The molecule has 6 nitrogen and oxygen atoms in total. The van der Waals surface area contributed by atoms with Crippen LogP contribution in [0.25, 0.3) is 10.9 Å². The zero-order valence-electron chi connectivity index (χ0n) is 18.4. The molecule has 32 heavy (non-hydrogen) atoms. The Morgan fingerprint density at radius 1 is 1.31 bits per heavy atom. The number of aromatic nitrogens is 1. The highest BCUT2D eigenvalue weighted by molar-refractivity contribution is 7.85. The molecule has 2 aliphatic rings. The molecule has 0 aliphatic heterocycles. The van der Waals surface area contributed by atoms with Gasteiger partial charge in [0.05, 0.1) is 22.7 Å². The van der Waals surface area contributed by atoms with Crippen LogP contribution in [0.4, 0.5) is 5.69 Å². The monoisotopic (exact) mass is 482 g/mol. The maximum atomic E-state index is 11.1. The molecule has 1 heterocycles. The van der Waals surface area contributed by atoms with Crippen molar-refractivity contribution in [2.45, 2.75) is 60.0 Å². The molecule has 0 amide bonds. The van der Waals surface area contributed by atoms with Crippen molar-refractivity contribution in [3.63, 3.8) is 0 Å². The Morgan fingerprint density at radius 3 is 2.41 bits per heavy atom. The number of benzene rings is 1. The number of nitrogen functional groups attached to an aromatic ring is 1. The fourth-order valence-electron chi connectivity index (χ4n) is 5.30. The van der Waals surface area contributed by atoms with E-state index in [9.17, 15) is 13.5 Å². The molecule has 2 aliphatic carbocycles. The van der Waals surface area contributed by atoms with Crippen molar-refractivity contribution < 1.29 is 18.1 Å². The smallest absolute Gasteiger partial charge is 0.265 e. The number of hydrogen-bond donors (Lipinski definition) is 3. The molecule has 2 atom stereocenters. The number of pyridine rings is 1. The molecule has 2 fully saturated rings. The SMILES string of the molecule is C.C=C1CC2CCC1(CS(=O)(=O)O)C2(C)C.CC(C)(O)c1nc2ccc(Cl)cc2cc1N. The second-order valence-electron chi connectivity index (χ2n) is 9.90. The predicted molar refractivity (Wildman–Crippen MR) is 132 cm³/mol. The fourth-order valence-corrected chi connectivity index (χ4v) is 6.83. The molecular weight excluding hydrogens is 448 g/mol. The summed E-state index contributed by atoms with van der Waals surface area (Å²) in [5, 5.41) is 11.4. The molecule has 0 saturated heterocycles. The number of rotatable bonds is 3. The van der Waals surface area contributed by atoms with Gasteiger partial charge in [-0.2, -0.15) is 8.42 Å². The summed E-state index contributed by atoms with van der Waals surface area (Å²) in [6, 6.07) is 7.16. The Bertz CT molecular complexity index is 1140. The van der Waals surface area contributed by atoms with E-state index in [4.69, 9.17) is 21.9 Å². The number of hydrogen-bond acceptors (Lipinski definition) is 5. The number of nitrogens with zero attached hydrogens (tertiary/aromatic N) is 1. The van der Waals surface area contributed by atoms with Gasteiger partial charge in [-0.25, -0.2) is 4.98 Å². The minimum absolute atomic E-state index is 0. The quantitative estimate of drug-likeness (QED) is 0.388. The first-order chi connectivity index (χ1) is 14.1. The van der Waals surface area contributed by atoms with Gasteiger partial charge in [-0.15, -0.1) is 0 Å². The molecule has 2 unspecified atom stereocenters. The van der Waals surface area contributed by atoms with Crippen LogP contribution in [0.3, 0.4) is 0 Å². The molecular formula is C24H35ClN2O4S. The van der Waals surface area contributed by atoms with E-state index in [1.54, 1.807) is 32.0 Å². The molecule has 2 aromatic rings. The average Bonchev–Trinajstić information content (AvgIpc) is 2.93. The summed E-state index contributed by atoms with van der Waals surface area (Å²) < 4.78 is 31.3. The summed E-state index contributed by atoms with van der Waals surface area (Å²) in [6.07, 6.45) is 2.83. The minimum atomic E-state index is -3.92. The maximum absolute atomic E-state index is 11.1. The summed E-state index contributed by atoms with van der Waals surface area (Å²) in [4.78, 5) is 4.35. The second kappa shape index (κ2) is 8.60. The molecule has 178 valence electrons. The highest BCUT2D eigenvalue weighted by Gasteiger charge is 2.62. The minimum Gasteiger partial charge on any atom is -0.397 e. The first kappa shape index (κ1) is 26.6. The van der Waals surface area contributed by atoms with Crippen LogP contribution in [-0.2, 0) is 15.7 Å². The number of halogens is 1. The van der Waals surface area contributed by atoms with E-state index < -0.39 is 15.7 Å². The summed E-state index contributed by atoms with van der Waals surface area (Å²) >= 11 is 5.88. The molecule has 2 bridgehead atoms. The molecule has 1 aromatic heterocycles. The lowest BCUT2D eigenvalue weighted by molar-refractivity contribution is 0.0751. The van der Waals surface area contributed by atoms with Gasteiger partial charge in [0.15, 0.2) is 0 Å². The van der Waals surface area contributed by atoms with Crippen molar-refractivity contribution in [2.75, 3.05) is 11.5 Å². The second-order valence-corrected chi connectivity index (χ2v) is 11.8. The first-order valence-electron chi connectivity index (χ1n) is 10.3. The lowest BCUT2D eigenvalue weighted by Gasteiger charge is -2.37. The van der Waals surface area contributed by atoms with Crippen LogP contribution in [0.1, 0.15) is 60.1 Å². The van der Waals surface area contributed by atoms with Crippen LogP contribution in [0.15, 0.2) is 36.4 Å². The molecule has 0 spiro atoms. The van der Waals surface area contributed by atoms with Crippen LogP contribution < -0.4 is 5.73 Å². The van der Waals surface area contributed by atoms with E-state index in [2.05, 4.69) is 25.4 Å². The zero-order valence-corrected chi connectivity index (χ0v) is 20.0. The zero-order chi connectivity index (χ0) is 23.4. The third-order valence-corrected chi connectivity index (χ3v) is 8.25. The molecule has 0 radical (unpaired) electrons. The summed E-state index contributed by atoms with van der Waals surface area (Å²) in [5.74, 6) is 0.384. The number of anilines is 1. The molecule has 8 heteroatoms. The van der Waals surface area contributed by atoms with Gasteiger partial charge < -0.3 is 10.8 Å². The van der Waals surface area contributed by atoms with E-state index in [1.807, 2.05) is 6.07 Å². The Morgan fingerprint density at radius 2 is 1.94 bits per heavy atom. The Kier molecular flexibility index (Phi) is 7.14. The Balaban J connectivity index is 0.000000220. The summed E-state index contributed by atoms with van der Waals surface area (Å²) in [6.45, 7) is 11.5. The molecule has 4 N–H and O–H groups in total. The molecule has 2 saturated carbocycles. The van der Waals surface area contributed by atoms with Gasteiger partial charge in [-0.05, 0) is 68.7 Å². The Hall–Kier alpha value is -1.67. The van der Waals surface area contributed by atoms with Gasteiger partial charge in [-0.1, -0.05) is 45.0 Å². The van der Waals surface area contributed by atoms with E-state index in [0.717, 1.165) is 35.7 Å². The topological polar surface area (TPSA) is 114 Å². The van der Waals surface area contributed by atoms with Crippen molar-refractivity contribution in [3.8, 4) is 0 Å². The maximum Gasteiger partial charge on any atom is 0.265 e. The van der Waals surface area contributed by atoms with Crippen molar-refractivity contribution in [3.05, 3.63) is 47.1 Å². The highest BCUT2D eigenvalue weighted by atomic mass is 35.5. The van der Waals surface area contributed by atoms with Gasteiger partial charge in [0.1, 0.15) is 5.60 Å². The largest absolute Gasteiger partial charge is 0.397 e. The van der Waals surface area contributed by atoms with E-state index >= 15 is 0 Å². The number of allylic oxidation sites excluding steroid dienone is 1. The van der Waals surface area contributed by atoms with Gasteiger partial charge in [0.25, 0.3) is 10.1 Å². The van der Waals surface area contributed by atoms with Crippen LogP contribution in [0.5, 0.6) is 0 Å². The van der Waals surface area contributed by atoms with Gasteiger partial charge in [0.2, 0.25) is 0 Å². The lowest BCUT2D eigenvalue weighted by Crippen LogP contribution is -2.37. The van der Waals surface area contributed by atoms with Crippen molar-refractivity contribution in [2.24, 2.45) is 16.7 Å². The van der Waals surface area contributed by atoms with Gasteiger partial charge in [0, 0.05) is 15.8 Å². The van der Waals surface area contributed by atoms with Crippen molar-refractivity contribution in [1.29, 1.82) is 0 Å². The van der Waals surface area contributed by atoms with Crippen molar-refractivity contribution in [1.82, 2.24) is 4.98 Å². The number of aliphatic hydroxyl groups is 1. The summed E-state index contributed by atoms with van der Waals surface area (Å²) in [7, 11) is -3.92. The highest BCUT2D eigenvalue weighted by Crippen LogP contribution is 2.68. The standard InChI is InChI=1S/C12H13ClN2O.C11H18O3S.CH4/c1-12(2,16)11-9(14)6-7-5-8(13)3-4-10(7)15-11;1-8-6-9-4-5-11(8,10(9,2)3)7-15(12,13)14;/h3-6,16H,14H2,1-2H3;9H,1,4-7H2,2-3H3,(H,12,13,14);1H4. The number of fused-ring (bicyclic) bond motifs is 3. The normalized spacial score (nSPS) is 24.1. The number of nitrogens with two attached hydrogens (primary N) is 1. The van der Waals surface area contributed by atoms with Gasteiger partial charge in [-0.3, -0.25) is 4.55 Å². The van der Waals surface area contributed by atoms with E-state index in [-0.39, 0.29) is 24.0 Å². The lowest BCUT2D eigenvalue weighted by atomic mass is 9.69. The summed E-state index contributed by atoms with van der Waals surface area (Å²) in [5.41, 5.74) is 7.14.